The van der Waals surface area contributed by atoms with Gasteiger partial charge in [-0.15, -0.1) is 0 Å². The Morgan fingerprint density at radius 2 is 1.09 bits per heavy atom. The Morgan fingerprint density at radius 3 is 1.18 bits per heavy atom. The van der Waals surface area contributed by atoms with Gasteiger partial charge in [0, 0.05) is 13.1 Å². The van der Waals surface area contributed by atoms with Crippen LogP contribution in [0, 0.1) is 0 Å². The monoisotopic (exact) mass is 332 g/mol. The van der Waals surface area contributed by atoms with Crippen LogP contribution in [0.3, 0.4) is 0 Å². The minimum absolute atomic E-state index is 1.15. The number of rotatable bonds is 3. The summed E-state index contributed by atoms with van der Waals surface area (Å²) in [5.74, 6) is 0. The van der Waals surface area contributed by atoms with Crippen molar-refractivity contribution in [1.82, 2.24) is 9.80 Å². The summed E-state index contributed by atoms with van der Waals surface area (Å²) in [4.78, 5) is 4.36. The van der Waals surface area contributed by atoms with Gasteiger partial charge in [0.1, 0.15) is 0 Å². The van der Waals surface area contributed by atoms with Crippen LogP contribution in [0.4, 0.5) is 0 Å². The summed E-state index contributed by atoms with van der Waals surface area (Å²) in [7, 11) is 9.60. The fourth-order valence-corrected chi connectivity index (χ4v) is 0.400. The maximum absolute atomic E-state index is 3.00. The zero-order chi connectivity index (χ0) is 9.28. The first-order valence-corrected chi connectivity index (χ1v) is 8.04. The predicted octanol–water partition coefficient (Wildman–Crippen LogP) is 1.80. The Bertz CT molecular complexity index is 63.6. The van der Waals surface area contributed by atoms with Crippen molar-refractivity contribution in [2.45, 2.75) is 0 Å². The second kappa shape index (κ2) is 11.4. The van der Waals surface area contributed by atoms with Gasteiger partial charge in [-0.1, -0.05) is 0 Å². The minimum atomic E-state index is 1.15. The van der Waals surface area contributed by atoms with Crippen LogP contribution in [0.25, 0.3) is 0 Å². The molecule has 72 valence electrons. The van der Waals surface area contributed by atoms with E-state index in [1.54, 1.807) is 0 Å². The Kier molecular flexibility index (Phi) is 15.4. The molecule has 0 radical (unpaired) electrons. The van der Waals surface area contributed by atoms with Crippen LogP contribution in [0.2, 0.25) is 0 Å². The summed E-state index contributed by atoms with van der Waals surface area (Å²) in [6, 6.07) is 0. The van der Waals surface area contributed by atoms with Gasteiger partial charge in [0.15, 0.2) is 0 Å². The molecule has 0 N–H and O–H groups in total. The number of halogens is 2. The molecule has 0 aliphatic carbocycles. The summed E-state index contributed by atoms with van der Waals surface area (Å²) >= 11 is 6.00. The Balaban J connectivity index is 0. The van der Waals surface area contributed by atoms with Crippen LogP contribution in [-0.4, -0.2) is 51.1 Å². The normalized spacial score (nSPS) is 10.2. The molecule has 0 unspecified atom stereocenters. The molecule has 0 aliphatic rings. The van der Waals surface area contributed by atoms with Crippen molar-refractivity contribution in [2.24, 2.45) is 0 Å². The molecule has 0 aromatic heterocycles. The maximum atomic E-state index is 3.00. The van der Waals surface area contributed by atoms with Gasteiger partial charge in [-0.2, -0.15) is 0 Å². The van der Waals surface area contributed by atoms with E-state index in [9.17, 15) is 0 Å². The third kappa shape index (κ3) is 24.6. The SMILES string of the molecule is CN(C)CCN(C)C.[Br][Ni+2][Br]. The standard InChI is InChI=1S/C6H16N2.2BrH.Ni/c1-7(2)5-6-8(3)4;;;/h5-6H2,1-4H3;2*1H;/q;;;+4/p-2. The van der Waals surface area contributed by atoms with Crippen LogP contribution in [-0.2, 0) is 10.9 Å². The Labute approximate surface area is 90.1 Å². The van der Waals surface area contributed by atoms with Gasteiger partial charge in [0.25, 0.3) is 0 Å². The third-order valence-corrected chi connectivity index (χ3v) is 0.994. The predicted molar refractivity (Wildman–Crippen MR) is 55.0 cm³/mol. The van der Waals surface area contributed by atoms with E-state index < -0.39 is 0 Å². The number of likely N-dealkylation sites (N-methyl/N-ethyl adjacent to an activating group) is 2. The third-order valence-electron chi connectivity index (χ3n) is 0.994. The fraction of sp³-hybridized carbons (Fsp3) is 1.00. The van der Waals surface area contributed by atoms with Gasteiger partial charge in [0.2, 0.25) is 0 Å². The quantitative estimate of drug-likeness (QED) is 0.726. The van der Waals surface area contributed by atoms with Gasteiger partial charge in [-0.3, -0.25) is 0 Å². The summed E-state index contributed by atoms with van der Waals surface area (Å²) < 4.78 is 0. The van der Waals surface area contributed by atoms with E-state index in [0.717, 1.165) is 13.1 Å². The van der Waals surface area contributed by atoms with Gasteiger partial charge in [-0.05, 0) is 28.2 Å². The second-order valence-corrected chi connectivity index (χ2v) is 7.64. The Morgan fingerprint density at radius 1 is 0.909 bits per heavy atom. The number of nitrogens with zero attached hydrogens (tertiary/aromatic N) is 2. The summed E-state index contributed by atoms with van der Waals surface area (Å²) in [5.41, 5.74) is 0. The summed E-state index contributed by atoms with van der Waals surface area (Å²) in [6.45, 7) is 2.29. The van der Waals surface area contributed by atoms with Crippen LogP contribution in [0.5, 0.6) is 0 Å². The van der Waals surface area contributed by atoms with E-state index in [0.29, 0.717) is 0 Å². The fourth-order valence-electron chi connectivity index (χ4n) is 0.400. The van der Waals surface area contributed by atoms with E-state index in [1.807, 2.05) is 0 Å². The van der Waals surface area contributed by atoms with E-state index in [2.05, 4.69) is 66.4 Å². The van der Waals surface area contributed by atoms with Crippen molar-refractivity contribution in [3.8, 4) is 0 Å². The van der Waals surface area contributed by atoms with Crippen molar-refractivity contribution in [2.75, 3.05) is 41.3 Å². The van der Waals surface area contributed by atoms with Crippen molar-refractivity contribution >= 4 is 28.5 Å². The molecule has 0 aromatic rings. The molecule has 0 saturated carbocycles. The molecule has 0 aromatic carbocycles. The zero-order valence-corrected chi connectivity index (χ0v) is 11.5. The zero-order valence-electron chi connectivity index (χ0n) is 7.38. The molecule has 0 atom stereocenters. The van der Waals surface area contributed by atoms with Crippen LogP contribution >= 0.6 is 28.5 Å². The molecule has 0 fully saturated rings. The number of hydrogen-bond donors (Lipinski definition) is 0. The summed E-state index contributed by atoms with van der Waals surface area (Å²) in [5, 5.41) is 0. The van der Waals surface area contributed by atoms with Crippen LogP contribution in [0.1, 0.15) is 0 Å². The molecule has 0 saturated heterocycles. The van der Waals surface area contributed by atoms with Crippen molar-refractivity contribution in [1.29, 1.82) is 0 Å². The van der Waals surface area contributed by atoms with Crippen molar-refractivity contribution in [3.05, 3.63) is 0 Å². The molecule has 0 spiro atoms. The first kappa shape index (κ1) is 14.9. The van der Waals surface area contributed by atoms with Crippen molar-refractivity contribution < 1.29 is 10.9 Å². The average molecular weight is 335 g/mol. The average Bonchev–Trinajstić information content (AvgIpc) is 1.85. The van der Waals surface area contributed by atoms with Gasteiger partial charge >= 0.3 is 39.3 Å². The first-order valence-electron chi connectivity index (χ1n) is 3.16. The van der Waals surface area contributed by atoms with E-state index in [1.165, 1.54) is 10.9 Å². The summed E-state index contributed by atoms with van der Waals surface area (Å²) in [6.07, 6.45) is 0. The molecule has 2 nitrogen and oxygen atoms in total. The molecule has 11 heavy (non-hydrogen) atoms. The molecule has 0 heterocycles. The topological polar surface area (TPSA) is 6.48 Å². The molecule has 0 rings (SSSR count). The van der Waals surface area contributed by atoms with E-state index in [4.69, 9.17) is 0 Å². The van der Waals surface area contributed by atoms with Gasteiger partial charge in [-0.25, -0.2) is 0 Å². The van der Waals surface area contributed by atoms with E-state index in [-0.39, 0.29) is 0 Å². The molecule has 0 aliphatic heterocycles. The Hall–Kier alpha value is 1.37. The second-order valence-electron chi connectivity index (χ2n) is 2.65. The number of hydrogen-bond acceptors (Lipinski definition) is 2. The van der Waals surface area contributed by atoms with Crippen LogP contribution in [0.15, 0.2) is 0 Å². The van der Waals surface area contributed by atoms with Crippen LogP contribution < -0.4 is 0 Å². The van der Waals surface area contributed by atoms with Gasteiger partial charge < -0.3 is 9.80 Å². The molecular weight excluding hydrogens is 319 g/mol. The molecule has 0 bridgehead atoms. The van der Waals surface area contributed by atoms with Crippen molar-refractivity contribution in [3.63, 3.8) is 0 Å². The molecule has 5 heteroatoms. The first-order chi connectivity index (χ1) is 5.04. The van der Waals surface area contributed by atoms with Gasteiger partial charge in [0.05, 0.1) is 0 Å². The molecular formula is C6H16Br2N2Ni+2. The molecule has 0 amide bonds. The van der Waals surface area contributed by atoms with E-state index >= 15 is 0 Å².